The topological polar surface area (TPSA) is 67.9 Å². The van der Waals surface area contributed by atoms with Crippen molar-refractivity contribution in [3.05, 3.63) is 29.6 Å². The molecule has 1 saturated carbocycles. The first-order chi connectivity index (χ1) is 13.9. The van der Waals surface area contributed by atoms with E-state index in [-0.39, 0.29) is 23.5 Å². The van der Waals surface area contributed by atoms with E-state index in [0.717, 1.165) is 44.1 Å². The van der Waals surface area contributed by atoms with Gasteiger partial charge in [-0.25, -0.2) is 4.39 Å². The van der Waals surface area contributed by atoms with E-state index in [2.05, 4.69) is 15.0 Å². The van der Waals surface area contributed by atoms with Crippen LogP contribution >= 0.6 is 0 Å². The van der Waals surface area contributed by atoms with Crippen LogP contribution in [0.15, 0.2) is 18.2 Å². The van der Waals surface area contributed by atoms with Crippen molar-refractivity contribution < 1.29 is 32.2 Å². The molecule has 166 valence electrons. The fourth-order valence-electron chi connectivity index (χ4n) is 4.34. The summed E-state index contributed by atoms with van der Waals surface area (Å²) >= 11 is 0. The lowest BCUT2D eigenvalue weighted by atomic mass is 9.57. The number of hydrogen-bond acceptors (Lipinski definition) is 5. The van der Waals surface area contributed by atoms with Gasteiger partial charge in [0.2, 0.25) is 0 Å². The van der Waals surface area contributed by atoms with Gasteiger partial charge >= 0.3 is 12.6 Å². The van der Waals surface area contributed by atoms with Crippen LogP contribution in [0.25, 0.3) is 0 Å². The minimum atomic E-state index is -3.09. The quantitative estimate of drug-likeness (QED) is 0.676. The zero-order valence-electron chi connectivity index (χ0n) is 17.3. The molecule has 1 spiro atoms. The third kappa shape index (κ3) is 5.87. The van der Waals surface area contributed by atoms with Crippen molar-refractivity contribution in [2.45, 2.75) is 45.8 Å². The molecule has 0 atom stereocenters. The summed E-state index contributed by atoms with van der Waals surface area (Å²) in [6.07, 6.45) is 1.86. The number of alkyl halides is 2. The summed E-state index contributed by atoms with van der Waals surface area (Å²) in [6.45, 7) is 4.78. The highest BCUT2D eigenvalue weighted by molar-refractivity contribution is 5.94. The third-order valence-corrected chi connectivity index (χ3v) is 5.24. The smallest absolute Gasteiger partial charge is 0.387 e. The Balaban J connectivity index is 1.39. The number of carbonyl (C=O) groups excluding carboxylic acids is 2. The van der Waals surface area contributed by atoms with E-state index in [1.165, 1.54) is 0 Å². The molecule has 1 heterocycles. The molecule has 1 amide bonds. The summed E-state index contributed by atoms with van der Waals surface area (Å²) in [5.74, 6) is -1.68. The monoisotopic (exact) mass is 428 g/mol. The van der Waals surface area contributed by atoms with Crippen molar-refractivity contribution in [2.75, 3.05) is 26.2 Å². The molecule has 1 aromatic carbocycles. The lowest BCUT2D eigenvalue weighted by Gasteiger charge is -2.59. The lowest BCUT2D eigenvalue weighted by Crippen LogP contribution is -2.64. The van der Waals surface area contributed by atoms with Crippen LogP contribution in [0.1, 0.15) is 44.0 Å². The molecule has 6 nitrogen and oxygen atoms in total. The van der Waals surface area contributed by atoms with Gasteiger partial charge in [0.05, 0.1) is 6.54 Å². The maximum absolute atomic E-state index is 13.5. The van der Waals surface area contributed by atoms with Gasteiger partial charge in [-0.1, -0.05) is 0 Å². The zero-order valence-corrected chi connectivity index (χ0v) is 17.3. The SMILES string of the molecule is CC(C)(C)OC(=O)CN1CC2(CC(CNC(=O)c3cc(F)cc(OC(F)F)c3)C2)C1. The Labute approximate surface area is 173 Å². The minimum absolute atomic E-state index is 0.0631. The molecule has 9 heteroatoms. The summed E-state index contributed by atoms with van der Waals surface area (Å²) < 4.78 is 47.6. The zero-order chi connectivity index (χ0) is 22.1. The van der Waals surface area contributed by atoms with Crippen LogP contribution in [0, 0.1) is 17.2 Å². The molecule has 1 N–H and O–H groups in total. The second kappa shape index (κ2) is 8.45. The normalized spacial score (nSPS) is 18.6. The fraction of sp³-hybridized carbons (Fsp3) is 0.619. The summed E-state index contributed by atoms with van der Waals surface area (Å²) in [5.41, 5.74) is -0.367. The third-order valence-electron chi connectivity index (χ3n) is 5.24. The second-order valence-electron chi connectivity index (χ2n) is 9.27. The summed E-state index contributed by atoms with van der Waals surface area (Å²) in [6, 6.07) is 2.88. The molecule has 30 heavy (non-hydrogen) atoms. The maximum Gasteiger partial charge on any atom is 0.387 e. The molecule has 0 bridgehead atoms. The number of esters is 1. The molecular weight excluding hydrogens is 401 g/mol. The molecule has 2 aliphatic rings. The average molecular weight is 428 g/mol. The van der Waals surface area contributed by atoms with Gasteiger partial charge in [0.1, 0.15) is 17.2 Å². The molecular formula is C21H27F3N2O4. The number of nitrogens with one attached hydrogen (secondary N) is 1. The number of benzene rings is 1. The standard InChI is InChI=1S/C21H27F3N2O4/c1-20(2,3)30-17(27)10-26-11-21(12-26)7-13(8-21)9-25-18(28)14-4-15(22)6-16(5-14)29-19(23)24/h4-6,13,19H,7-12H2,1-3H3,(H,25,28). The number of nitrogens with zero attached hydrogens (tertiary/aromatic N) is 1. The van der Waals surface area contributed by atoms with Gasteiger partial charge < -0.3 is 14.8 Å². The van der Waals surface area contributed by atoms with Gasteiger partial charge in [-0.15, -0.1) is 0 Å². The van der Waals surface area contributed by atoms with E-state index in [1.807, 2.05) is 20.8 Å². The number of carbonyl (C=O) groups is 2. The first-order valence-corrected chi connectivity index (χ1v) is 9.91. The highest BCUT2D eigenvalue weighted by atomic mass is 19.3. The van der Waals surface area contributed by atoms with Gasteiger partial charge in [0.15, 0.2) is 0 Å². The average Bonchev–Trinajstić information content (AvgIpc) is 2.51. The molecule has 1 aliphatic heterocycles. The summed E-state index contributed by atoms with van der Waals surface area (Å²) in [7, 11) is 0. The van der Waals surface area contributed by atoms with Crippen molar-refractivity contribution in [1.29, 1.82) is 0 Å². The Hall–Kier alpha value is -2.29. The van der Waals surface area contributed by atoms with E-state index >= 15 is 0 Å². The van der Waals surface area contributed by atoms with Gasteiger partial charge in [-0.05, 0) is 57.1 Å². The van der Waals surface area contributed by atoms with Gasteiger partial charge in [0, 0.05) is 31.3 Å². The Bertz CT molecular complexity index is 796. The minimum Gasteiger partial charge on any atom is -0.459 e. The highest BCUT2D eigenvalue weighted by Gasteiger charge is 2.52. The number of hydrogen-bond donors (Lipinski definition) is 1. The molecule has 0 aromatic heterocycles. The number of ether oxygens (including phenoxy) is 2. The van der Waals surface area contributed by atoms with Crippen molar-refractivity contribution >= 4 is 11.9 Å². The maximum atomic E-state index is 13.5. The predicted octanol–water partition coefficient (Wildman–Crippen LogP) is 3.21. The largest absolute Gasteiger partial charge is 0.459 e. The van der Waals surface area contributed by atoms with E-state index in [0.29, 0.717) is 12.5 Å². The van der Waals surface area contributed by atoms with Crippen LogP contribution in [0.3, 0.4) is 0 Å². The van der Waals surface area contributed by atoms with E-state index in [9.17, 15) is 22.8 Å². The number of amides is 1. The molecule has 1 saturated heterocycles. The van der Waals surface area contributed by atoms with Crippen molar-refractivity contribution in [3.63, 3.8) is 0 Å². The van der Waals surface area contributed by atoms with E-state index in [1.54, 1.807) is 0 Å². The molecule has 0 unspecified atom stereocenters. The second-order valence-corrected chi connectivity index (χ2v) is 9.27. The first kappa shape index (κ1) is 22.4. The molecule has 0 radical (unpaired) electrons. The Morgan fingerprint density at radius 1 is 1.23 bits per heavy atom. The Morgan fingerprint density at radius 3 is 2.50 bits per heavy atom. The van der Waals surface area contributed by atoms with E-state index < -0.39 is 29.7 Å². The van der Waals surface area contributed by atoms with Crippen molar-refractivity contribution in [1.82, 2.24) is 10.2 Å². The van der Waals surface area contributed by atoms with Gasteiger partial charge in [0.25, 0.3) is 5.91 Å². The van der Waals surface area contributed by atoms with Crippen molar-refractivity contribution in [2.24, 2.45) is 11.3 Å². The molecule has 3 rings (SSSR count). The van der Waals surface area contributed by atoms with Crippen LogP contribution < -0.4 is 10.1 Å². The Morgan fingerprint density at radius 2 is 1.90 bits per heavy atom. The number of rotatable bonds is 7. The Kier molecular flexibility index (Phi) is 6.31. The van der Waals surface area contributed by atoms with Gasteiger partial charge in [-0.2, -0.15) is 8.78 Å². The van der Waals surface area contributed by atoms with Crippen LogP contribution in [0.2, 0.25) is 0 Å². The summed E-state index contributed by atoms with van der Waals surface area (Å²) in [4.78, 5) is 26.2. The van der Waals surface area contributed by atoms with E-state index in [4.69, 9.17) is 4.74 Å². The predicted molar refractivity (Wildman–Crippen MR) is 103 cm³/mol. The van der Waals surface area contributed by atoms with Crippen LogP contribution in [-0.4, -0.2) is 55.2 Å². The molecule has 1 aromatic rings. The van der Waals surface area contributed by atoms with Crippen molar-refractivity contribution in [3.8, 4) is 5.75 Å². The van der Waals surface area contributed by atoms with Gasteiger partial charge in [-0.3, -0.25) is 14.5 Å². The summed E-state index contributed by atoms with van der Waals surface area (Å²) in [5, 5.41) is 2.73. The fourth-order valence-corrected chi connectivity index (χ4v) is 4.34. The first-order valence-electron chi connectivity index (χ1n) is 9.91. The highest BCUT2D eigenvalue weighted by Crippen LogP contribution is 2.51. The van der Waals surface area contributed by atoms with Crippen LogP contribution in [0.4, 0.5) is 13.2 Å². The number of halogens is 3. The molecule has 2 fully saturated rings. The lowest BCUT2D eigenvalue weighted by molar-refractivity contribution is -0.163. The van der Waals surface area contributed by atoms with Crippen LogP contribution in [0.5, 0.6) is 5.75 Å². The molecule has 1 aliphatic carbocycles. The van der Waals surface area contributed by atoms with Crippen LogP contribution in [-0.2, 0) is 9.53 Å². The number of likely N-dealkylation sites (tertiary alicyclic amines) is 1.